The van der Waals surface area contributed by atoms with E-state index in [0.29, 0.717) is 5.69 Å². The Morgan fingerprint density at radius 1 is 1.05 bits per heavy atom. The number of nitrogens with one attached hydrogen (secondary N) is 2. The summed E-state index contributed by atoms with van der Waals surface area (Å²) in [6, 6.07) is 15.8. The number of H-pyrrole nitrogens is 1. The highest BCUT2D eigenvalue weighted by Gasteiger charge is 2.14. The van der Waals surface area contributed by atoms with E-state index in [9.17, 15) is 8.42 Å². The Bertz CT molecular complexity index is 870. The van der Waals surface area contributed by atoms with Crippen molar-refractivity contribution in [2.45, 2.75) is 11.8 Å². The van der Waals surface area contributed by atoms with Gasteiger partial charge in [-0.25, -0.2) is 8.42 Å². The highest BCUT2D eigenvalue weighted by molar-refractivity contribution is 7.92. The molecular formula is C16H15N3O2S. The monoisotopic (exact) mass is 313 g/mol. The first-order valence-corrected chi connectivity index (χ1v) is 8.22. The average Bonchev–Trinajstić information content (AvgIpc) is 3.02. The van der Waals surface area contributed by atoms with E-state index in [4.69, 9.17) is 0 Å². The van der Waals surface area contributed by atoms with Gasteiger partial charge in [0.05, 0.1) is 10.6 Å². The summed E-state index contributed by atoms with van der Waals surface area (Å²) < 4.78 is 27.3. The van der Waals surface area contributed by atoms with E-state index >= 15 is 0 Å². The molecule has 1 aromatic heterocycles. The summed E-state index contributed by atoms with van der Waals surface area (Å²) >= 11 is 0. The molecule has 1 heterocycles. The molecule has 0 aliphatic heterocycles. The number of aryl methyl sites for hydroxylation is 1. The van der Waals surface area contributed by atoms with Gasteiger partial charge in [0.2, 0.25) is 0 Å². The fourth-order valence-corrected chi connectivity index (χ4v) is 3.29. The normalized spacial score (nSPS) is 11.3. The van der Waals surface area contributed by atoms with Crippen molar-refractivity contribution in [2.75, 3.05) is 4.72 Å². The third-order valence-corrected chi connectivity index (χ3v) is 4.63. The SMILES string of the molecule is Cc1cccc(S(=O)(=O)Nc2ccc(-c3ccn[nH]3)cc2)c1. The number of sulfonamides is 1. The largest absolute Gasteiger partial charge is 0.280 e. The maximum atomic E-state index is 12.3. The van der Waals surface area contributed by atoms with E-state index < -0.39 is 10.0 Å². The standard InChI is InChI=1S/C16H15N3O2S/c1-12-3-2-4-15(11-12)22(20,21)19-14-7-5-13(6-8-14)16-9-10-17-18-16/h2-11,19H,1H3,(H,17,18). The van der Waals surface area contributed by atoms with Gasteiger partial charge in [0, 0.05) is 11.9 Å². The number of aromatic amines is 1. The van der Waals surface area contributed by atoms with Crippen LogP contribution >= 0.6 is 0 Å². The van der Waals surface area contributed by atoms with Crippen LogP contribution in [0.25, 0.3) is 11.3 Å². The number of hydrogen-bond acceptors (Lipinski definition) is 3. The predicted molar refractivity (Wildman–Crippen MR) is 86.0 cm³/mol. The van der Waals surface area contributed by atoms with Crippen LogP contribution in [0.5, 0.6) is 0 Å². The molecule has 0 aliphatic carbocycles. The summed E-state index contributed by atoms with van der Waals surface area (Å²) in [4.78, 5) is 0.255. The molecule has 2 aromatic carbocycles. The van der Waals surface area contributed by atoms with Crippen LogP contribution in [0.15, 0.2) is 65.7 Å². The Morgan fingerprint density at radius 3 is 2.45 bits per heavy atom. The van der Waals surface area contributed by atoms with Crippen molar-refractivity contribution in [3.8, 4) is 11.3 Å². The molecule has 6 heteroatoms. The summed E-state index contributed by atoms with van der Waals surface area (Å²) in [5.41, 5.74) is 3.24. The first-order valence-electron chi connectivity index (χ1n) is 6.74. The van der Waals surface area contributed by atoms with Gasteiger partial charge < -0.3 is 0 Å². The van der Waals surface area contributed by atoms with Crippen molar-refractivity contribution < 1.29 is 8.42 Å². The van der Waals surface area contributed by atoms with Crippen molar-refractivity contribution in [1.29, 1.82) is 0 Å². The lowest BCUT2D eigenvalue weighted by Gasteiger charge is -2.09. The van der Waals surface area contributed by atoms with Crippen LogP contribution in [-0.2, 0) is 10.0 Å². The number of nitrogens with zero attached hydrogens (tertiary/aromatic N) is 1. The van der Waals surface area contributed by atoms with E-state index in [-0.39, 0.29) is 4.90 Å². The molecule has 112 valence electrons. The number of aromatic nitrogens is 2. The van der Waals surface area contributed by atoms with Crippen LogP contribution in [0.1, 0.15) is 5.56 Å². The van der Waals surface area contributed by atoms with Crippen LogP contribution < -0.4 is 4.72 Å². The second-order valence-electron chi connectivity index (χ2n) is 4.97. The molecule has 0 fully saturated rings. The van der Waals surface area contributed by atoms with Gasteiger partial charge in [0.25, 0.3) is 10.0 Å². The van der Waals surface area contributed by atoms with Crippen molar-refractivity contribution in [1.82, 2.24) is 10.2 Å². The molecule has 3 aromatic rings. The molecule has 2 N–H and O–H groups in total. The van der Waals surface area contributed by atoms with Gasteiger partial charge in [-0.2, -0.15) is 5.10 Å². The van der Waals surface area contributed by atoms with Gasteiger partial charge in [0.1, 0.15) is 0 Å². The molecule has 0 atom stereocenters. The van der Waals surface area contributed by atoms with Crippen molar-refractivity contribution in [3.63, 3.8) is 0 Å². The first-order chi connectivity index (χ1) is 10.5. The summed E-state index contributed by atoms with van der Waals surface area (Å²) in [6.07, 6.45) is 1.67. The number of rotatable bonds is 4. The van der Waals surface area contributed by atoms with Crippen molar-refractivity contribution in [3.05, 3.63) is 66.4 Å². The zero-order valence-electron chi connectivity index (χ0n) is 11.9. The van der Waals surface area contributed by atoms with Gasteiger partial charge in [-0.15, -0.1) is 0 Å². The van der Waals surface area contributed by atoms with E-state index in [1.807, 2.05) is 31.2 Å². The highest BCUT2D eigenvalue weighted by Crippen LogP contribution is 2.21. The number of hydrogen-bond donors (Lipinski definition) is 2. The maximum absolute atomic E-state index is 12.3. The Hall–Kier alpha value is -2.60. The first kappa shape index (κ1) is 14.3. The molecule has 3 rings (SSSR count). The fraction of sp³-hybridized carbons (Fsp3) is 0.0625. The molecule has 22 heavy (non-hydrogen) atoms. The maximum Gasteiger partial charge on any atom is 0.261 e. The van der Waals surface area contributed by atoms with Gasteiger partial charge in [0.15, 0.2) is 0 Å². The Kier molecular flexibility index (Phi) is 3.68. The lowest BCUT2D eigenvalue weighted by atomic mass is 10.1. The van der Waals surface area contributed by atoms with Crippen LogP contribution in [0, 0.1) is 6.92 Å². The third kappa shape index (κ3) is 3.01. The molecule has 0 saturated heterocycles. The van der Waals surface area contributed by atoms with Gasteiger partial charge in [-0.05, 0) is 48.4 Å². The van der Waals surface area contributed by atoms with E-state index in [1.54, 1.807) is 36.5 Å². The lowest BCUT2D eigenvalue weighted by Crippen LogP contribution is -2.12. The van der Waals surface area contributed by atoms with Crippen LogP contribution in [0.4, 0.5) is 5.69 Å². The van der Waals surface area contributed by atoms with E-state index in [2.05, 4.69) is 14.9 Å². The second kappa shape index (κ2) is 5.65. The molecule has 0 unspecified atom stereocenters. The van der Waals surface area contributed by atoms with Crippen molar-refractivity contribution in [2.24, 2.45) is 0 Å². The minimum absolute atomic E-state index is 0.255. The number of benzene rings is 2. The molecule has 0 saturated carbocycles. The quantitative estimate of drug-likeness (QED) is 0.777. The third-order valence-electron chi connectivity index (χ3n) is 3.25. The molecule has 0 amide bonds. The Labute approximate surface area is 129 Å². The molecule has 5 nitrogen and oxygen atoms in total. The zero-order valence-corrected chi connectivity index (χ0v) is 12.8. The molecular weight excluding hydrogens is 298 g/mol. The lowest BCUT2D eigenvalue weighted by molar-refractivity contribution is 0.601. The van der Waals surface area contributed by atoms with Crippen molar-refractivity contribution >= 4 is 15.7 Å². The average molecular weight is 313 g/mol. The topological polar surface area (TPSA) is 74.8 Å². The minimum Gasteiger partial charge on any atom is -0.280 e. The van der Waals surface area contributed by atoms with E-state index in [0.717, 1.165) is 16.8 Å². The smallest absolute Gasteiger partial charge is 0.261 e. The van der Waals surface area contributed by atoms with Gasteiger partial charge in [-0.1, -0.05) is 24.3 Å². The summed E-state index contributed by atoms with van der Waals surface area (Å²) in [5.74, 6) is 0. The van der Waals surface area contributed by atoms with Crippen LogP contribution in [-0.4, -0.2) is 18.6 Å². The number of anilines is 1. The van der Waals surface area contributed by atoms with Gasteiger partial charge in [-0.3, -0.25) is 9.82 Å². The Balaban J connectivity index is 1.84. The van der Waals surface area contributed by atoms with Crippen LogP contribution in [0.2, 0.25) is 0 Å². The predicted octanol–water partition coefficient (Wildman–Crippen LogP) is 3.19. The fourth-order valence-electron chi connectivity index (χ4n) is 2.13. The Morgan fingerprint density at radius 2 is 1.82 bits per heavy atom. The van der Waals surface area contributed by atoms with E-state index in [1.165, 1.54) is 0 Å². The molecule has 0 bridgehead atoms. The summed E-state index contributed by atoms with van der Waals surface area (Å²) in [7, 11) is -3.57. The summed E-state index contributed by atoms with van der Waals surface area (Å²) in [6.45, 7) is 1.86. The molecule has 0 radical (unpaired) electrons. The highest BCUT2D eigenvalue weighted by atomic mass is 32.2. The van der Waals surface area contributed by atoms with Crippen LogP contribution in [0.3, 0.4) is 0 Å². The summed E-state index contributed by atoms with van der Waals surface area (Å²) in [5, 5.41) is 6.76. The second-order valence-corrected chi connectivity index (χ2v) is 6.65. The minimum atomic E-state index is -3.57. The molecule has 0 spiro atoms. The molecule has 0 aliphatic rings. The van der Waals surface area contributed by atoms with Gasteiger partial charge >= 0.3 is 0 Å². The zero-order chi connectivity index (χ0) is 15.6.